The molecule has 0 spiro atoms. The van der Waals surface area contributed by atoms with E-state index in [4.69, 9.17) is 10.7 Å². The van der Waals surface area contributed by atoms with Gasteiger partial charge in [0, 0.05) is 23.7 Å². The highest BCUT2D eigenvalue weighted by molar-refractivity contribution is 6.09. The lowest BCUT2D eigenvalue weighted by molar-refractivity contribution is 0.100. The number of nitrogens with zero attached hydrogens (tertiary/aromatic N) is 3. The van der Waals surface area contributed by atoms with Crippen molar-refractivity contribution >= 4 is 39.2 Å². The second-order valence-corrected chi connectivity index (χ2v) is 5.98. The molecular formula is C19H17N5O. The lowest BCUT2D eigenvalue weighted by atomic mass is 10.1. The molecule has 124 valence electrons. The van der Waals surface area contributed by atoms with E-state index in [1.54, 1.807) is 16.8 Å². The van der Waals surface area contributed by atoms with Crippen LogP contribution in [0.4, 0.5) is 11.4 Å². The average molecular weight is 331 g/mol. The van der Waals surface area contributed by atoms with E-state index in [1.165, 1.54) is 0 Å². The predicted octanol–water partition coefficient (Wildman–Crippen LogP) is 3.27. The van der Waals surface area contributed by atoms with Gasteiger partial charge < -0.3 is 11.1 Å². The van der Waals surface area contributed by atoms with Crippen molar-refractivity contribution in [1.82, 2.24) is 14.8 Å². The van der Waals surface area contributed by atoms with E-state index in [-0.39, 0.29) is 0 Å². The number of primary amides is 1. The van der Waals surface area contributed by atoms with Gasteiger partial charge in [-0.25, -0.2) is 4.98 Å². The minimum absolute atomic E-state index is 0.439. The Balaban J connectivity index is 1.93. The second-order valence-electron chi connectivity index (χ2n) is 5.98. The summed E-state index contributed by atoms with van der Waals surface area (Å²) in [6.45, 7) is 1.97. The zero-order valence-corrected chi connectivity index (χ0v) is 13.9. The number of nitrogens with two attached hydrogens (primary N) is 1. The maximum atomic E-state index is 11.3. The van der Waals surface area contributed by atoms with E-state index in [9.17, 15) is 4.79 Å². The van der Waals surface area contributed by atoms with Gasteiger partial charge in [-0.1, -0.05) is 18.2 Å². The van der Waals surface area contributed by atoms with Crippen LogP contribution < -0.4 is 11.1 Å². The summed E-state index contributed by atoms with van der Waals surface area (Å²) in [6.07, 6.45) is 0. The highest BCUT2D eigenvalue weighted by atomic mass is 16.1. The number of fused-ring (bicyclic) bond motifs is 2. The van der Waals surface area contributed by atoms with E-state index in [0.29, 0.717) is 5.56 Å². The molecule has 2 aromatic heterocycles. The first-order valence-corrected chi connectivity index (χ1v) is 7.93. The Labute approximate surface area is 144 Å². The fourth-order valence-electron chi connectivity index (χ4n) is 3.09. The number of hydrogen-bond acceptors (Lipinski definition) is 4. The molecule has 2 aromatic carbocycles. The van der Waals surface area contributed by atoms with Gasteiger partial charge in [-0.2, -0.15) is 5.10 Å². The summed E-state index contributed by atoms with van der Waals surface area (Å²) in [5, 5.41) is 9.98. The molecule has 0 unspecified atom stereocenters. The smallest absolute Gasteiger partial charge is 0.248 e. The van der Waals surface area contributed by atoms with Gasteiger partial charge in [-0.3, -0.25) is 9.48 Å². The lowest BCUT2D eigenvalue weighted by Gasteiger charge is -2.12. The number of carbonyl (C=O) groups is 1. The average Bonchev–Trinajstić information content (AvgIpc) is 2.89. The summed E-state index contributed by atoms with van der Waals surface area (Å²) in [5.41, 5.74) is 10.2. The molecule has 4 aromatic rings. The Morgan fingerprint density at radius 3 is 2.56 bits per heavy atom. The van der Waals surface area contributed by atoms with Crippen molar-refractivity contribution in [2.24, 2.45) is 12.8 Å². The lowest BCUT2D eigenvalue weighted by Crippen LogP contribution is -2.10. The molecule has 4 rings (SSSR count). The van der Waals surface area contributed by atoms with Crippen LogP contribution in [0.2, 0.25) is 0 Å². The van der Waals surface area contributed by atoms with Gasteiger partial charge in [0.1, 0.15) is 0 Å². The molecule has 0 aliphatic heterocycles. The van der Waals surface area contributed by atoms with Crippen molar-refractivity contribution < 1.29 is 4.79 Å². The normalized spacial score (nSPS) is 11.1. The van der Waals surface area contributed by atoms with E-state index in [1.807, 2.05) is 50.4 Å². The summed E-state index contributed by atoms with van der Waals surface area (Å²) in [5.74, 6) is -0.439. The fraction of sp³-hybridized carbons (Fsp3) is 0.105. The molecule has 6 nitrogen and oxygen atoms in total. The molecule has 6 heteroatoms. The molecule has 25 heavy (non-hydrogen) atoms. The third-order valence-corrected chi connectivity index (χ3v) is 4.28. The largest absolute Gasteiger partial charge is 0.366 e. The van der Waals surface area contributed by atoms with Crippen LogP contribution in [0, 0.1) is 6.92 Å². The van der Waals surface area contributed by atoms with Gasteiger partial charge in [0.25, 0.3) is 0 Å². The SMILES string of the molecule is Cc1nn(C)c2nc3ccccc3c(Nc3ccc(C(N)=O)cc3)c12. The topological polar surface area (TPSA) is 85.8 Å². The number of aryl methyl sites for hydroxylation is 2. The van der Waals surface area contributed by atoms with E-state index >= 15 is 0 Å². The van der Waals surface area contributed by atoms with Crippen molar-refractivity contribution in [3.05, 3.63) is 59.8 Å². The number of anilines is 2. The second kappa shape index (κ2) is 5.59. The Hall–Kier alpha value is -3.41. The van der Waals surface area contributed by atoms with Gasteiger partial charge in [0.05, 0.1) is 22.3 Å². The van der Waals surface area contributed by atoms with Gasteiger partial charge >= 0.3 is 0 Å². The molecule has 0 aliphatic carbocycles. The Morgan fingerprint density at radius 2 is 1.84 bits per heavy atom. The molecular weight excluding hydrogens is 314 g/mol. The highest BCUT2D eigenvalue weighted by Crippen LogP contribution is 2.34. The molecule has 0 radical (unpaired) electrons. The number of hydrogen-bond donors (Lipinski definition) is 2. The molecule has 1 amide bonds. The standard InChI is InChI=1S/C19H17N5O/c1-11-16-17(21-13-9-7-12(8-10-13)18(20)25)14-5-3-4-6-15(14)22-19(16)24(2)23-11/h3-10H,1-2H3,(H2,20,25)(H,21,22). The number of pyridine rings is 1. The molecule has 0 atom stereocenters. The van der Waals surface area contributed by atoms with Crippen LogP contribution >= 0.6 is 0 Å². The minimum Gasteiger partial charge on any atom is -0.366 e. The third kappa shape index (κ3) is 2.48. The predicted molar refractivity (Wildman–Crippen MR) is 99.0 cm³/mol. The number of amides is 1. The minimum atomic E-state index is -0.439. The molecule has 0 saturated heterocycles. The van der Waals surface area contributed by atoms with Crippen molar-refractivity contribution in [3.63, 3.8) is 0 Å². The van der Waals surface area contributed by atoms with Crippen LogP contribution in [0.15, 0.2) is 48.5 Å². The van der Waals surface area contributed by atoms with Crippen LogP contribution in [0.1, 0.15) is 16.1 Å². The van der Waals surface area contributed by atoms with E-state index < -0.39 is 5.91 Å². The van der Waals surface area contributed by atoms with E-state index in [2.05, 4.69) is 10.4 Å². The van der Waals surface area contributed by atoms with Crippen molar-refractivity contribution in [2.45, 2.75) is 6.92 Å². The third-order valence-electron chi connectivity index (χ3n) is 4.28. The molecule has 0 aliphatic rings. The van der Waals surface area contributed by atoms with Crippen LogP contribution in [0.25, 0.3) is 21.9 Å². The first kappa shape index (κ1) is 15.1. The number of para-hydroxylation sites is 1. The Bertz CT molecular complexity index is 1110. The maximum Gasteiger partial charge on any atom is 0.248 e. The summed E-state index contributed by atoms with van der Waals surface area (Å²) >= 11 is 0. The Kier molecular flexibility index (Phi) is 3.39. The molecule has 0 saturated carbocycles. The number of aromatic nitrogens is 3. The fourth-order valence-corrected chi connectivity index (χ4v) is 3.09. The maximum absolute atomic E-state index is 11.3. The first-order chi connectivity index (χ1) is 12.0. The quantitative estimate of drug-likeness (QED) is 0.603. The number of rotatable bonds is 3. The number of benzene rings is 2. The Morgan fingerprint density at radius 1 is 1.12 bits per heavy atom. The van der Waals surface area contributed by atoms with Gasteiger partial charge in [0.15, 0.2) is 5.65 Å². The molecule has 0 fully saturated rings. The summed E-state index contributed by atoms with van der Waals surface area (Å²) in [6, 6.07) is 15.1. The highest BCUT2D eigenvalue weighted by Gasteiger charge is 2.15. The van der Waals surface area contributed by atoms with Crippen LogP contribution in [-0.4, -0.2) is 20.7 Å². The summed E-state index contributed by atoms with van der Waals surface area (Å²) in [4.78, 5) is 16.0. The van der Waals surface area contributed by atoms with Crippen molar-refractivity contribution in [3.8, 4) is 0 Å². The zero-order chi connectivity index (χ0) is 17.6. The summed E-state index contributed by atoms with van der Waals surface area (Å²) in [7, 11) is 1.89. The number of nitrogens with one attached hydrogen (secondary N) is 1. The van der Waals surface area contributed by atoms with Crippen LogP contribution in [-0.2, 0) is 7.05 Å². The monoisotopic (exact) mass is 331 g/mol. The number of carbonyl (C=O) groups excluding carboxylic acids is 1. The van der Waals surface area contributed by atoms with Gasteiger partial charge in [-0.05, 0) is 37.3 Å². The first-order valence-electron chi connectivity index (χ1n) is 7.93. The van der Waals surface area contributed by atoms with Crippen LogP contribution in [0.5, 0.6) is 0 Å². The van der Waals surface area contributed by atoms with Gasteiger partial charge in [-0.15, -0.1) is 0 Å². The summed E-state index contributed by atoms with van der Waals surface area (Å²) < 4.78 is 1.79. The zero-order valence-electron chi connectivity index (χ0n) is 13.9. The molecule has 3 N–H and O–H groups in total. The van der Waals surface area contributed by atoms with Gasteiger partial charge in [0.2, 0.25) is 5.91 Å². The molecule has 0 bridgehead atoms. The molecule has 2 heterocycles. The van der Waals surface area contributed by atoms with Crippen LogP contribution in [0.3, 0.4) is 0 Å². The van der Waals surface area contributed by atoms with Crippen molar-refractivity contribution in [1.29, 1.82) is 0 Å². The van der Waals surface area contributed by atoms with Crippen molar-refractivity contribution in [2.75, 3.05) is 5.32 Å². The van der Waals surface area contributed by atoms with E-state index in [0.717, 1.165) is 39.0 Å².